The van der Waals surface area contributed by atoms with Crippen LogP contribution in [0.25, 0.3) is 34.2 Å². The van der Waals surface area contributed by atoms with Crippen molar-refractivity contribution in [2.45, 2.75) is 6.54 Å². The summed E-state index contributed by atoms with van der Waals surface area (Å²) >= 11 is 6.42. The average Bonchev–Trinajstić information content (AvgIpc) is 3.10. The van der Waals surface area contributed by atoms with Crippen molar-refractivity contribution in [2.75, 3.05) is 19.8 Å². The van der Waals surface area contributed by atoms with Gasteiger partial charge in [-0.1, -0.05) is 35.9 Å². The third-order valence-electron chi connectivity index (χ3n) is 4.70. The Morgan fingerprint density at radius 1 is 1.03 bits per heavy atom. The highest BCUT2D eigenvalue weighted by molar-refractivity contribution is 6.31. The van der Waals surface area contributed by atoms with E-state index in [-0.39, 0.29) is 0 Å². The van der Waals surface area contributed by atoms with Gasteiger partial charge in [0.2, 0.25) is 0 Å². The SMILES string of the molecule is CN(C)Cc1ccc(C=Cc2n[nH]c3cc(-c4ccnc(N)c4)ccc23)cc1Cl. The van der Waals surface area contributed by atoms with E-state index in [0.717, 1.165) is 50.4 Å². The van der Waals surface area contributed by atoms with Gasteiger partial charge in [-0.05, 0) is 72.8 Å². The summed E-state index contributed by atoms with van der Waals surface area (Å²) in [6.45, 7) is 0.818. The Balaban J connectivity index is 1.59. The van der Waals surface area contributed by atoms with E-state index < -0.39 is 0 Å². The van der Waals surface area contributed by atoms with Crippen molar-refractivity contribution in [1.29, 1.82) is 0 Å². The first-order chi connectivity index (χ1) is 14.0. The number of hydrogen-bond donors (Lipinski definition) is 2. The summed E-state index contributed by atoms with van der Waals surface area (Å²) in [6.07, 6.45) is 5.74. The first-order valence-electron chi connectivity index (χ1n) is 9.31. The summed E-state index contributed by atoms with van der Waals surface area (Å²) < 4.78 is 0. The molecule has 4 rings (SSSR count). The number of rotatable bonds is 5. The van der Waals surface area contributed by atoms with Gasteiger partial charge in [0.1, 0.15) is 5.82 Å². The number of pyridine rings is 1. The van der Waals surface area contributed by atoms with Gasteiger partial charge in [-0.2, -0.15) is 5.10 Å². The molecule has 0 aliphatic rings. The van der Waals surface area contributed by atoms with E-state index in [4.69, 9.17) is 17.3 Å². The fourth-order valence-corrected chi connectivity index (χ4v) is 3.54. The first-order valence-corrected chi connectivity index (χ1v) is 9.68. The van der Waals surface area contributed by atoms with Gasteiger partial charge in [0.15, 0.2) is 0 Å². The second kappa shape index (κ2) is 8.07. The van der Waals surface area contributed by atoms with Gasteiger partial charge in [0.05, 0.1) is 11.2 Å². The summed E-state index contributed by atoms with van der Waals surface area (Å²) in [5, 5.41) is 9.40. The van der Waals surface area contributed by atoms with Crippen LogP contribution in [0.4, 0.5) is 5.82 Å². The third kappa shape index (κ3) is 4.31. The van der Waals surface area contributed by atoms with Crippen molar-refractivity contribution in [2.24, 2.45) is 0 Å². The molecule has 0 amide bonds. The van der Waals surface area contributed by atoms with E-state index in [0.29, 0.717) is 5.82 Å². The molecule has 0 saturated carbocycles. The van der Waals surface area contributed by atoms with Crippen LogP contribution in [0.2, 0.25) is 5.02 Å². The minimum atomic E-state index is 0.506. The fraction of sp³-hybridized carbons (Fsp3) is 0.130. The van der Waals surface area contributed by atoms with Crippen LogP contribution in [0.3, 0.4) is 0 Å². The molecule has 0 saturated heterocycles. The number of anilines is 1. The Bertz CT molecular complexity index is 1190. The summed E-state index contributed by atoms with van der Waals surface area (Å²) in [5.74, 6) is 0.506. The highest BCUT2D eigenvalue weighted by atomic mass is 35.5. The smallest absolute Gasteiger partial charge is 0.123 e. The molecule has 0 spiro atoms. The van der Waals surface area contributed by atoms with Gasteiger partial charge in [0, 0.05) is 23.2 Å². The van der Waals surface area contributed by atoms with Crippen LogP contribution in [0, 0.1) is 0 Å². The Kier molecular flexibility index (Phi) is 5.34. The molecular formula is C23H22ClN5. The number of fused-ring (bicyclic) bond motifs is 1. The zero-order valence-electron chi connectivity index (χ0n) is 16.4. The lowest BCUT2D eigenvalue weighted by atomic mass is 10.0. The van der Waals surface area contributed by atoms with E-state index in [2.05, 4.69) is 50.4 Å². The summed E-state index contributed by atoms with van der Waals surface area (Å²) in [6, 6.07) is 16.1. The number of hydrogen-bond acceptors (Lipinski definition) is 4. The lowest BCUT2D eigenvalue weighted by Gasteiger charge is -2.11. The van der Waals surface area contributed by atoms with Crippen molar-refractivity contribution >= 4 is 40.5 Å². The number of nitrogens with two attached hydrogens (primary N) is 1. The number of aromatic nitrogens is 3. The van der Waals surface area contributed by atoms with Gasteiger partial charge < -0.3 is 10.6 Å². The number of aromatic amines is 1. The minimum Gasteiger partial charge on any atom is -0.384 e. The standard InChI is InChI=1S/C23H22ClN5/c1-29(2)14-18-5-3-15(11-20(18)24)4-8-21-19-7-6-16(12-22(19)28-27-21)17-9-10-26-23(25)13-17/h3-13H,14H2,1-2H3,(H2,25,26)(H,27,28). The van der Waals surface area contributed by atoms with Crippen molar-refractivity contribution in [1.82, 2.24) is 20.1 Å². The summed E-state index contributed by atoms with van der Waals surface area (Å²) in [5.41, 5.74) is 11.9. The molecule has 0 aliphatic carbocycles. The van der Waals surface area contributed by atoms with Crippen molar-refractivity contribution < 1.29 is 0 Å². The molecule has 0 fully saturated rings. The lowest BCUT2D eigenvalue weighted by Crippen LogP contribution is -2.10. The number of H-pyrrole nitrogens is 1. The maximum Gasteiger partial charge on any atom is 0.123 e. The van der Waals surface area contributed by atoms with Crippen molar-refractivity contribution in [3.63, 3.8) is 0 Å². The molecule has 2 aromatic carbocycles. The number of benzene rings is 2. The van der Waals surface area contributed by atoms with Gasteiger partial charge in [-0.25, -0.2) is 4.98 Å². The second-order valence-electron chi connectivity index (χ2n) is 7.26. The Morgan fingerprint density at radius 3 is 2.62 bits per heavy atom. The predicted molar refractivity (Wildman–Crippen MR) is 122 cm³/mol. The maximum absolute atomic E-state index is 6.42. The lowest BCUT2D eigenvalue weighted by molar-refractivity contribution is 0.402. The molecule has 0 atom stereocenters. The molecule has 4 aromatic rings. The molecule has 5 nitrogen and oxygen atoms in total. The van der Waals surface area contributed by atoms with E-state index >= 15 is 0 Å². The van der Waals surface area contributed by atoms with E-state index in [1.54, 1.807) is 6.20 Å². The van der Waals surface area contributed by atoms with Crippen LogP contribution in [0.5, 0.6) is 0 Å². The van der Waals surface area contributed by atoms with Gasteiger partial charge in [0.25, 0.3) is 0 Å². The largest absolute Gasteiger partial charge is 0.384 e. The highest BCUT2D eigenvalue weighted by Gasteiger charge is 2.07. The van der Waals surface area contributed by atoms with Crippen LogP contribution in [-0.4, -0.2) is 34.2 Å². The van der Waals surface area contributed by atoms with Gasteiger partial charge in [-0.3, -0.25) is 5.10 Å². The zero-order chi connectivity index (χ0) is 20.4. The van der Waals surface area contributed by atoms with Crippen LogP contribution in [0.1, 0.15) is 16.8 Å². The van der Waals surface area contributed by atoms with Crippen molar-refractivity contribution in [3.8, 4) is 11.1 Å². The number of halogens is 1. The monoisotopic (exact) mass is 403 g/mol. The molecule has 2 aromatic heterocycles. The van der Waals surface area contributed by atoms with Gasteiger partial charge >= 0.3 is 0 Å². The first kappa shape index (κ1) is 19.2. The Morgan fingerprint density at radius 2 is 1.86 bits per heavy atom. The quantitative estimate of drug-likeness (QED) is 0.486. The Labute approximate surface area is 174 Å². The topological polar surface area (TPSA) is 70.8 Å². The molecule has 29 heavy (non-hydrogen) atoms. The van der Waals surface area contributed by atoms with E-state index in [1.807, 2.05) is 44.4 Å². The second-order valence-corrected chi connectivity index (χ2v) is 7.67. The molecule has 146 valence electrons. The third-order valence-corrected chi connectivity index (χ3v) is 5.06. The molecule has 2 heterocycles. The number of nitrogens with one attached hydrogen (secondary N) is 1. The molecule has 0 radical (unpaired) electrons. The van der Waals surface area contributed by atoms with Crippen LogP contribution < -0.4 is 5.73 Å². The minimum absolute atomic E-state index is 0.506. The number of nitrogen functional groups attached to an aromatic ring is 1. The molecule has 0 unspecified atom stereocenters. The van der Waals surface area contributed by atoms with E-state index in [9.17, 15) is 0 Å². The van der Waals surface area contributed by atoms with E-state index in [1.165, 1.54) is 0 Å². The van der Waals surface area contributed by atoms with Crippen molar-refractivity contribution in [3.05, 3.63) is 76.6 Å². The molecule has 0 bridgehead atoms. The normalized spacial score (nSPS) is 11.7. The summed E-state index contributed by atoms with van der Waals surface area (Å²) in [7, 11) is 4.06. The molecule has 6 heteroatoms. The van der Waals surface area contributed by atoms with Crippen LogP contribution in [0.15, 0.2) is 54.7 Å². The number of nitrogens with zero attached hydrogens (tertiary/aromatic N) is 3. The molecule has 0 aliphatic heterocycles. The average molecular weight is 404 g/mol. The zero-order valence-corrected chi connectivity index (χ0v) is 17.1. The van der Waals surface area contributed by atoms with Crippen LogP contribution >= 0.6 is 11.6 Å². The maximum atomic E-state index is 6.42. The fourth-order valence-electron chi connectivity index (χ4n) is 3.29. The molecular weight excluding hydrogens is 382 g/mol. The predicted octanol–water partition coefficient (Wildman–Crippen LogP) is 5.09. The summed E-state index contributed by atoms with van der Waals surface area (Å²) in [4.78, 5) is 6.15. The van der Waals surface area contributed by atoms with Crippen LogP contribution in [-0.2, 0) is 6.54 Å². The Hall–Kier alpha value is -3.15. The molecule has 3 N–H and O–H groups in total. The highest BCUT2D eigenvalue weighted by Crippen LogP contribution is 2.27. The van der Waals surface area contributed by atoms with Gasteiger partial charge in [-0.15, -0.1) is 0 Å².